The van der Waals surface area contributed by atoms with Crippen LogP contribution in [0.4, 0.5) is 0 Å². The zero-order chi connectivity index (χ0) is 18.4. The highest BCUT2D eigenvalue weighted by molar-refractivity contribution is 6.45. The molecule has 0 aliphatic heterocycles. The maximum absolute atomic E-state index is 12.6. The van der Waals surface area contributed by atoms with Gasteiger partial charge in [-0.05, 0) is 43.3 Å². The molecule has 0 saturated carbocycles. The van der Waals surface area contributed by atoms with Crippen LogP contribution in [-0.2, 0) is 9.53 Å². The van der Waals surface area contributed by atoms with Crippen LogP contribution in [0.1, 0.15) is 22.8 Å². The molecule has 2 aromatic rings. The summed E-state index contributed by atoms with van der Waals surface area (Å²) in [5.74, 6) is 0.0361. The second kappa shape index (κ2) is 8.74. The fraction of sp³-hybridized carbons (Fsp3) is 0.222. The summed E-state index contributed by atoms with van der Waals surface area (Å²) in [5.41, 5.74) is 0.680. The van der Waals surface area contributed by atoms with E-state index in [-0.39, 0.29) is 40.4 Å². The van der Waals surface area contributed by atoms with Crippen molar-refractivity contribution in [1.29, 1.82) is 0 Å². The zero-order valence-corrected chi connectivity index (χ0v) is 15.2. The van der Waals surface area contributed by atoms with Crippen molar-refractivity contribution in [1.82, 2.24) is 0 Å². The number of rotatable bonds is 7. The van der Waals surface area contributed by atoms with Gasteiger partial charge in [-0.2, -0.15) is 0 Å². The predicted molar refractivity (Wildman–Crippen MR) is 95.0 cm³/mol. The summed E-state index contributed by atoms with van der Waals surface area (Å²) in [6.07, 6.45) is 0. The number of halogens is 2. The second-order valence-corrected chi connectivity index (χ2v) is 5.65. The van der Waals surface area contributed by atoms with Crippen LogP contribution in [0.3, 0.4) is 0 Å². The lowest BCUT2D eigenvalue weighted by Gasteiger charge is -2.11. The minimum atomic E-state index is -0.520. The summed E-state index contributed by atoms with van der Waals surface area (Å²) >= 11 is 12.4. The highest BCUT2D eigenvalue weighted by Gasteiger charge is 2.18. The highest BCUT2D eigenvalue weighted by Crippen LogP contribution is 2.35. The van der Waals surface area contributed by atoms with E-state index < -0.39 is 5.97 Å². The molecule has 0 atom stereocenters. The normalized spacial score (nSPS) is 10.2. The summed E-state index contributed by atoms with van der Waals surface area (Å²) in [5, 5.41) is 0.120. The smallest absolute Gasteiger partial charge is 0.344 e. The first-order valence-corrected chi connectivity index (χ1v) is 8.18. The van der Waals surface area contributed by atoms with Gasteiger partial charge in [0, 0.05) is 11.1 Å². The Bertz CT molecular complexity index is 772. The Morgan fingerprint density at radius 1 is 1.00 bits per heavy atom. The number of ether oxygens (including phenoxy) is 3. The monoisotopic (exact) mass is 382 g/mol. The van der Waals surface area contributed by atoms with E-state index in [1.54, 1.807) is 38.3 Å². The Morgan fingerprint density at radius 3 is 2.28 bits per heavy atom. The van der Waals surface area contributed by atoms with E-state index in [4.69, 9.17) is 37.4 Å². The summed E-state index contributed by atoms with van der Waals surface area (Å²) < 4.78 is 15.1. The summed E-state index contributed by atoms with van der Waals surface area (Å²) in [4.78, 5) is 23.9. The fourth-order valence-electron chi connectivity index (χ4n) is 2.06. The Balaban J connectivity index is 2.20. The van der Waals surface area contributed by atoms with Crippen molar-refractivity contribution < 1.29 is 23.8 Å². The van der Waals surface area contributed by atoms with Gasteiger partial charge in [0.15, 0.2) is 12.4 Å². The number of hydrogen-bond acceptors (Lipinski definition) is 5. The van der Waals surface area contributed by atoms with Gasteiger partial charge < -0.3 is 14.2 Å². The van der Waals surface area contributed by atoms with Gasteiger partial charge in [-0.15, -0.1) is 0 Å². The van der Waals surface area contributed by atoms with Crippen LogP contribution in [0, 0.1) is 0 Å². The molecule has 0 fully saturated rings. The zero-order valence-electron chi connectivity index (χ0n) is 13.7. The van der Waals surface area contributed by atoms with Crippen molar-refractivity contribution in [3.63, 3.8) is 0 Å². The third-order valence-electron chi connectivity index (χ3n) is 3.29. The minimum Gasteiger partial charge on any atom is -0.497 e. The van der Waals surface area contributed by atoms with Crippen molar-refractivity contribution in [2.75, 3.05) is 20.3 Å². The van der Waals surface area contributed by atoms with E-state index in [1.165, 1.54) is 12.1 Å². The van der Waals surface area contributed by atoms with Crippen LogP contribution in [0.5, 0.6) is 11.5 Å². The minimum absolute atomic E-state index is 0.0591. The number of esters is 1. The highest BCUT2D eigenvalue weighted by atomic mass is 35.5. The first kappa shape index (κ1) is 19.1. The number of carbonyl (C=O) groups excluding carboxylic acids is 2. The standard InChI is InChI=1S/C18H16Cl2O5/c1-3-24-15(21)10-25-14-9-8-13(16(19)17(14)20)18(22)11-4-6-12(23-2)7-5-11/h4-9H,3,10H2,1-2H3. The molecule has 132 valence electrons. The average molecular weight is 383 g/mol. The van der Waals surface area contributed by atoms with E-state index in [0.29, 0.717) is 11.3 Å². The van der Waals surface area contributed by atoms with Crippen molar-refractivity contribution in [3.8, 4) is 11.5 Å². The molecule has 0 amide bonds. The van der Waals surface area contributed by atoms with E-state index in [2.05, 4.69) is 0 Å². The molecule has 0 radical (unpaired) electrons. The van der Waals surface area contributed by atoms with Crippen LogP contribution in [0.15, 0.2) is 36.4 Å². The van der Waals surface area contributed by atoms with Gasteiger partial charge in [0.05, 0.1) is 18.7 Å². The Morgan fingerprint density at radius 2 is 1.68 bits per heavy atom. The van der Waals surface area contributed by atoms with E-state index in [9.17, 15) is 9.59 Å². The van der Waals surface area contributed by atoms with Gasteiger partial charge >= 0.3 is 5.97 Å². The van der Waals surface area contributed by atoms with Crippen LogP contribution in [0.25, 0.3) is 0 Å². The van der Waals surface area contributed by atoms with Crippen molar-refractivity contribution in [2.45, 2.75) is 6.92 Å². The van der Waals surface area contributed by atoms with Gasteiger partial charge in [-0.1, -0.05) is 23.2 Å². The SMILES string of the molecule is CCOC(=O)COc1ccc(C(=O)c2ccc(OC)cc2)c(Cl)c1Cl. The third kappa shape index (κ3) is 4.65. The van der Waals surface area contributed by atoms with Crippen LogP contribution in [-0.4, -0.2) is 32.1 Å². The maximum atomic E-state index is 12.6. The lowest BCUT2D eigenvalue weighted by molar-refractivity contribution is -0.145. The topological polar surface area (TPSA) is 61.8 Å². The molecule has 0 aliphatic carbocycles. The van der Waals surface area contributed by atoms with Gasteiger partial charge in [-0.25, -0.2) is 4.79 Å². The summed E-state index contributed by atoms with van der Waals surface area (Å²) in [6, 6.07) is 9.62. The molecule has 5 nitrogen and oxygen atoms in total. The van der Waals surface area contributed by atoms with Crippen LogP contribution >= 0.6 is 23.2 Å². The fourth-order valence-corrected chi connectivity index (χ4v) is 2.52. The lowest BCUT2D eigenvalue weighted by Crippen LogP contribution is -2.15. The molecule has 0 saturated heterocycles. The number of ketones is 1. The molecule has 25 heavy (non-hydrogen) atoms. The molecular weight excluding hydrogens is 367 g/mol. The average Bonchev–Trinajstić information content (AvgIpc) is 2.63. The van der Waals surface area contributed by atoms with E-state index in [0.717, 1.165) is 0 Å². The quantitative estimate of drug-likeness (QED) is 0.530. The first-order chi connectivity index (χ1) is 12.0. The van der Waals surface area contributed by atoms with Gasteiger partial charge in [0.2, 0.25) is 0 Å². The molecule has 0 bridgehead atoms. The first-order valence-electron chi connectivity index (χ1n) is 7.43. The Labute approximate surface area is 155 Å². The molecule has 0 aromatic heterocycles. The molecule has 0 spiro atoms. The van der Waals surface area contributed by atoms with E-state index >= 15 is 0 Å². The molecule has 2 aromatic carbocycles. The molecule has 0 unspecified atom stereocenters. The Kier molecular flexibility index (Phi) is 6.67. The number of hydrogen-bond donors (Lipinski definition) is 0. The van der Waals surface area contributed by atoms with Crippen molar-refractivity contribution in [3.05, 3.63) is 57.6 Å². The van der Waals surface area contributed by atoms with Gasteiger partial charge in [0.25, 0.3) is 0 Å². The van der Waals surface area contributed by atoms with Crippen molar-refractivity contribution >= 4 is 35.0 Å². The molecule has 7 heteroatoms. The molecule has 0 N–H and O–H groups in total. The summed E-state index contributed by atoms with van der Waals surface area (Å²) in [7, 11) is 1.54. The number of methoxy groups -OCH3 is 1. The third-order valence-corrected chi connectivity index (χ3v) is 4.16. The van der Waals surface area contributed by atoms with E-state index in [1.807, 2.05) is 0 Å². The number of benzene rings is 2. The molecule has 2 rings (SSSR count). The largest absolute Gasteiger partial charge is 0.497 e. The van der Waals surface area contributed by atoms with Crippen LogP contribution in [0.2, 0.25) is 10.0 Å². The lowest BCUT2D eigenvalue weighted by atomic mass is 10.0. The molecule has 0 aliphatic rings. The van der Waals surface area contributed by atoms with Gasteiger partial charge in [0.1, 0.15) is 16.5 Å². The number of carbonyl (C=O) groups is 2. The van der Waals surface area contributed by atoms with Gasteiger partial charge in [-0.3, -0.25) is 4.79 Å². The summed E-state index contributed by atoms with van der Waals surface area (Å²) in [6.45, 7) is 1.66. The maximum Gasteiger partial charge on any atom is 0.344 e. The molecule has 0 heterocycles. The molecular formula is C18H16Cl2O5. The van der Waals surface area contributed by atoms with Crippen molar-refractivity contribution in [2.24, 2.45) is 0 Å². The second-order valence-electron chi connectivity index (χ2n) is 4.89. The Hall–Kier alpha value is -2.24. The predicted octanol–water partition coefficient (Wildman–Crippen LogP) is 4.17. The van der Waals surface area contributed by atoms with Crippen LogP contribution < -0.4 is 9.47 Å².